The first-order valence-corrected chi connectivity index (χ1v) is 24.2. The standard InChI is InChI=1S/C48H57F2N8O7S/c1-3-42(59)52-45(31-8-5-4-6-9-31)48(62)55-19-20-56(30(2)26-55)47(61)40-23-32-22-36(49)37(50)25-39(32)58(40)28-44(60)57-16-7-10-33(57)29-63-43-24-35(65-53-43)27-54-17-12-34(13-18-54)64-41-11-15-51-38-14-21-66-46(38)41/h3,11,14-15,21-25,30-31,33-34,45H,4-10,12-13,16-20,26-29H2,1-2H3,(H,52,59)/t30-,33-,45-/m0/s1. The summed E-state index contributed by atoms with van der Waals surface area (Å²) in [6, 6.07) is 7.91. The second-order valence-electron chi connectivity index (χ2n) is 18.1. The number of rotatable bonds is 14. The zero-order valence-electron chi connectivity index (χ0n) is 37.5. The predicted octanol–water partition coefficient (Wildman–Crippen LogP) is 6.59. The molecule has 1 radical (unpaired) electrons. The molecule has 4 aliphatic rings. The van der Waals surface area contributed by atoms with E-state index in [1.165, 1.54) is 17.1 Å². The Morgan fingerprint density at radius 3 is 2.53 bits per heavy atom. The van der Waals surface area contributed by atoms with Crippen molar-refractivity contribution in [1.82, 2.24) is 39.6 Å². The van der Waals surface area contributed by atoms with Crippen molar-refractivity contribution in [3.05, 3.63) is 77.5 Å². The van der Waals surface area contributed by atoms with Crippen LogP contribution in [0.15, 0.2) is 52.5 Å². The largest absolute Gasteiger partial charge is 0.489 e. The minimum absolute atomic E-state index is 0.0408. The summed E-state index contributed by atoms with van der Waals surface area (Å²) in [4.78, 5) is 66.9. The van der Waals surface area contributed by atoms with Crippen molar-refractivity contribution in [2.75, 3.05) is 45.9 Å². The van der Waals surface area contributed by atoms with Gasteiger partial charge in [0.2, 0.25) is 17.7 Å². The van der Waals surface area contributed by atoms with E-state index in [0.29, 0.717) is 31.2 Å². The molecular weight excluding hydrogens is 871 g/mol. The van der Waals surface area contributed by atoms with Crippen molar-refractivity contribution in [3.8, 4) is 11.6 Å². The SMILES string of the molecule is C[CH]C(=O)N[C@H](C(=O)N1CCN(C(=O)c2cc3cc(F)c(F)cc3n2CC(=O)N2CCC[C@H]2COc2cc(CN3CCC(Oc4ccnc5ccsc45)CC3)on2)[C@@H](C)C1)C1CCCCC1. The van der Waals surface area contributed by atoms with Gasteiger partial charge in [0.15, 0.2) is 17.4 Å². The van der Waals surface area contributed by atoms with E-state index in [1.54, 1.807) is 45.2 Å². The number of hydrogen-bond donors (Lipinski definition) is 1. The molecule has 351 valence electrons. The molecular formula is C48H57F2N8O7S. The van der Waals surface area contributed by atoms with Crippen molar-refractivity contribution >= 4 is 56.1 Å². The van der Waals surface area contributed by atoms with Crippen LogP contribution in [0.1, 0.15) is 87.9 Å². The second kappa shape index (κ2) is 20.1. The maximum atomic E-state index is 14.8. The number of thiophene rings is 1. The van der Waals surface area contributed by atoms with Crippen LogP contribution in [0.2, 0.25) is 0 Å². The minimum atomic E-state index is -1.09. The van der Waals surface area contributed by atoms with Gasteiger partial charge in [-0.3, -0.25) is 29.1 Å². The van der Waals surface area contributed by atoms with Crippen LogP contribution < -0.4 is 14.8 Å². The molecule has 66 heavy (non-hydrogen) atoms. The van der Waals surface area contributed by atoms with Gasteiger partial charge in [-0.25, -0.2) is 8.78 Å². The zero-order valence-corrected chi connectivity index (χ0v) is 38.3. The van der Waals surface area contributed by atoms with E-state index in [2.05, 4.69) is 20.4 Å². The fourth-order valence-electron chi connectivity index (χ4n) is 10.2. The van der Waals surface area contributed by atoms with Crippen LogP contribution in [0.4, 0.5) is 8.78 Å². The predicted molar refractivity (Wildman–Crippen MR) is 243 cm³/mol. The topological polar surface area (TPSA) is 156 Å². The Morgan fingerprint density at radius 1 is 0.939 bits per heavy atom. The van der Waals surface area contributed by atoms with E-state index in [9.17, 15) is 28.0 Å². The summed E-state index contributed by atoms with van der Waals surface area (Å²) in [6.45, 7) is 6.77. The molecule has 4 aromatic heterocycles. The Morgan fingerprint density at radius 2 is 1.74 bits per heavy atom. The molecule has 3 atom stereocenters. The monoisotopic (exact) mass is 927 g/mol. The Kier molecular flexibility index (Phi) is 13.9. The van der Waals surface area contributed by atoms with Gasteiger partial charge in [-0.05, 0) is 86.2 Å². The Bertz CT molecular complexity index is 2550. The van der Waals surface area contributed by atoms with Crippen molar-refractivity contribution in [2.45, 2.75) is 109 Å². The van der Waals surface area contributed by atoms with Gasteiger partial charge < -0.3 is 38.6 Å². The number of benzene rings is 1. The van der Waals surface area contributed by atoms with Gasteiger partial charge in [-0.15, -0.1) is 11.3 Å². The van der Waals surface area contributed by atoms with E-state index >= 15 is 0 Å². The smallest absolute Gasteiger partial charge is 0.270 e. The number of nitrogens with zero attached hydrogens (tertiary/aromatic N) is 7. The Labute approximate surface area is 386 Å². The van der Waals surface area contributed by atoms with Crippen LogP contribution in [-0.2, 0) is 27.5 Å². The average molecular weight is 928 g/mol. The highest BCUT2D eigenvalue weighted by Gasteiger charge is 2.39. The third kappa shape index (κ3) is 9.89. The van der Waals surface area contributed by atoms with Crippen LogP contribution in [-0.4, -0.2) is 128 Å². The fraction of sp³-hybridized carbons (Fsp3) is 0.521. The molecule has 0 unspecified atom stereocenters. The first-order chi connectivity index (χ1) is 32.0. The van der Waals surface area contributed by atoms with Gasteiger partial charge in [0, 0.05) is 75.4 Å². The number of piperidine rings is 1. The molecule has 0 spiro atoms. The lowest BCUT2D eigenvalue weighted by Gasteiger charge is -2.42. The molecule has 7 heterocycles. The van der Waals surface area contributed by atoms with Crippen molar-refractivity contribution in [3.63, 3.8) is 0 Å². The minimum Gasteiger partial charge on any atom is -0.489 e. The summed E-state index contributed by atoms with van der Waals surface area (Å²) in [6.07, 6.45) is 11.3. The molecule has 0 bridgehead atoms. The van der Waals surface area contributed by atoms with Gasteiger partial charge in [-0.1, -0.05) is 26.2 Å². The van der Waals surface area contributed by atoms with E-state index < -0.39 is 29.6 Å². The summed E-state index contributed by atoms with van der Waals surface area (Å²) >= 11 is 1.63. The highest BCUT2D eigenvalue weighted by atomic mass is 32.1. The molecule has 15 nitrogen and oxygen atoms in total. The molecule has 4 amide bonds. The van der Waals surface area contributed by atoms with E-state index in [1.807, 2.05) is 24.4 Å². The molecule has 1 N–H and O–H groups in total. The number of nitrogens with one attached hydrogen (secondary N) is 1. The molecule has 3 saturated heterocycles. The van der Waals surface area contributed by atoms with Gasteiger partial charge in [0.05, 0.1) is 28.3 Å². The van der Waals surface area contributed by atoms with E-state index in [4.69, 9.17) is 14.0 Å². The number of aromatic nitrogens is 3. The van der Waals surface area contributed by atoms with E-state index in [-0.39, 0.29) is 85.2 Å². The van der Waals surface area contributed by atoms with E-state index in [0.717, 1.165) is 92.6 Å². The van der Waals surface area contributed by atoms with Gasteiger partial charge in [0.25, 0.3) is 11.8 Å². The summed E-state index contributed by atoms with van der Waals surface area (Å²) in [7, 11) is 0. The Hall–Kier alpha value is -5.62. The molecule has 18 heteroatoms. The fourth-order valence-corrected chi connectivity index (χ4v) is 11.0. The maximum Gasteiger partial charge on any atom is 0.270 e. The zero-order chi connectivity index (χ0) is 45.9. The summed E-state index contributed by atoms with van der Waals surface area (Å²) in [5, 5.41) is 9.40. The highest BCUT2D eigenvalue weighted by molar-refractivity contribution is 7.17. The van der Waals surface area contributed by atoms with Gasteiger partial charge >= 0.3 is 0 Å². The molecule has 9 rings (SSSR count). The summed E-state index contributed by atoms with van der Waals surface area (Å²) < 4.78 is 50.0. The lowest BCUT2D eigenvalue weighted by atomic mass is 9.83. The quantitative estimate of drug-likeness (QED) is 0.129. The van der Waals surface area contributed by atoms with Crippen LogP contribution in [0.3, 0.4) is 0 Å². The number of piperazine rings is 1. The normalized spacial score (nSPS) is 20.6. The number of halogens is 2. The van der Waals surface area contributed by atoms with Gasteiger partial charge in [-0.2, -0.15) is 0 Å². The number of ether oxygens (including phenoxy) is 2. The van der Waals surface area contributed by atoms with Crippen molar-refractivity contribution in [1.29, 1.82) is 0 Å². The number of hydrogen-bond acceptors (Lipinski definition) is 11. The molecule has 3 aliphatic heterocycles. The summed E-state index contributed by atoms with van der Waals surface area (Å²) in [5.41, 5.74) is 1.29. The first-order valence-electron chi connectivity index (χ1n) is 23.3. The number of carbonyl (C=O) groups excluding carboxylic acids is 4. The number of likely N-dealkylation sites (tertiary alicyclic amines) is 2. The maximum absolute atomic E-state index is 14.8. The third-order valence-electron chi connectivity index (χ3n) is 13.8. The van der Waals surface area contributed by atoms with Crippen LogP contribution in [0.5, 0.6) is 11.6 Å². The van der Waals surface area contributed by atoms with Crippen LogP contribution in [0, 0.1) is 24.0 Å². The lowest BCUT2D eigenvalue weighted by Crippen LogP contribution is -2.60. The van der Waals surface area contributed by atoms with Gasteiger partial charge in [0.1, 0.15) is 36.7 Å². The van der Waals surface area contributed by atoms with Crippen molar-refractivity contribution in [2.24, 2.45) is 5.92 Å². The number of pyridine rings is 1. The number of fused-ring (bicyclic) bond motifs is 2. The third-order valence-corrected chi connectivity index (χ3v) is 14.7. The van der Waals surface area contributed by atoms with Crippen LogP contribution in [0.25, 0.3) is 21.1 Å². The summed E-state index contributed by atoms with van der Waals surface area (Å²) in [5.74, 6) is -1.39. The molecule has 1 aliphatic carbocycles. The Balaban J connectivity index is 0.814. The molecule has 4 fully saturated rings. The average Bonchev–Trinajstić information content (AvgIpc) is 4.16. The lowest BCUT2D eigenvalue weighted by molar-refractivity contribution is -0.140. The molecule has 5 aromatic rings. The van der Waals surface area contributed by atoms with Crippen LogP contribution >= 0.6 is 11.3 Å². The van der Waals surface area contributed by atoms with Crippen molar-refractivity contribution < 1.29 is 42.0 Å². The first kappa shape index (κ1) is 45.5. The molecule has 1 aromatic carbocycles. The number of carbonyl (C=O) groups is 4. The molecule has 1 saturated carbocycles. The second-order valence-corrected chi connectivity index (χ2v) is 19.0. The highest BCUT2D eigenvalue weighted by Crippen LogP contribution is 2.33. The number of amides is 4.